The lowest BCUT2D eigenvalue weighted by Crippen LogP contribution is -2.71. The fourth-order valence-corrected chi connectivity index (χ4v) is 4.67. The van der Waals surface area contributed by atoms with Crippen LogP contribution in [0.3, 0.4) is 0 Å². The van der Waals surface area contributed by atoms with Crippen molar-refractivity contribution in [3.8, 4) is 5.75 Å². The highest BCUT2D eigenvalue weighted by atomic mass is 35.5. The Morgan fingerprint density at radius 2 is 1.75 bits per heavy atom. The summed E-state index contributed by atoms with van der Waals surface area (Å²) in [6.45, 7) is 2.12. The van der Waals surface area contributed by atoms with Crippen molar-refractivity contribution in [2.75, 3.05) is 5.32 Å². The summed E-state index contributed by atoms with van der Waals surface area (Å²) in [5.41, 5.74) is 1.17. The molecule has 2 bridgehead atoms. The number of hydrogen-bond donors (Lipinski definition) is 2. The highest BCUT2D eigenvalue weighted by molar-refractivity contribution is 6.30. The molecule has 0 saturated carbocycles. The molecule has 0 radical (unpaired) electrons. The lowest BCUT2D eigenvalue weighted by molar-refractivity contribution is -0.155. The minimum absolute atomic E-state index is 0.243. The number of hydrogen-bond acceptors (Lipinski definition) is 3. The standard InChI is InChI=1S/C25H22ClN3O3/c1-25-21(23(30)27-18-13-11-17(26)12-14-18)22(19-9-5-6-10-20(19)32-25)28-24(31)29(25)15-16-7-3-2-4-8-16/h2-14,21-22H,15H2,1H3,(H,27,30)(H,28,31)/t21-,22-,25+/m1/s1. The molecule has 6 nitrogen and oxygen atoms in total. The van der Waals surface area contributed by atoms with E-state index in [-0.39, 0.29) is 11.9 Å². The molecule has 3 aromatic carbocycles. The Morgan fingerprint density at radius 1 is 1.06 bits per heavy atom. The van der Waals surface area contributed by atoms with Gasteiger partial charge in [0, 0.05) is 16.3 Å². The number of ether oxygens (including phenoxy) is 1. The Bertz CT molecular complexity index is 1170. The maximum atomic E-state index is 13.6. The van der Waals surface area contributed by atoms with Crippen LogP contribution < -0.4 is 15.4 Å². The molecule has 2 N–H and O–H groups in total. The topological polar surface area (TPSA) is 70.7 Å². The third kappa shape index (κ3) is 3.46. The molecule has 0 aliphatic carbocycles. The number of anilines is 1. The van der Waals surface area contributed by atoms with Crippen molar-refractivity contribution in [1.29, 1.82) is 0 Å². The van der Waals surface area contributed by atoms with Gasteiger partial charge in [0.25, 0.3) is 0 Å². The molecule has 3 amide bonds. The SMILES string of the molecule is C[C@@]12Oc3ccccc3[C@@H](NC(=O)N1Cc1ccccc1)[C@@H]2C(=O)Nc1ccc(Cl)cc1. The molecule has 3 aromatic rings. The summed E-state index contributed by atoms with van der Waals surface area (Å²) < 4.78 is 6.42. The highest BCUT2D eigenvalue weighted by Gasteiger charge is 2.59. The van der Waals surface area contributed by atoms with Gasteiger partial charge in [-0.2, -0.15) is 0 Å². The maximum absolute atomic E-state index is 13.6. The molecule has 0 spiro atoms. The third-order valence-corrected chi connectivity index (χ3v) is 6.37. The molecule has 0 unspecified atom stereocenters. The van der Waals surface area contributed by atoms with E-state index in [9.17, 15) is 9.59 Å². The summed E-state index contributed by atoms with van der Waals surface area (Å²) in [7, 11) is 0. The molecule has 162 valence electrons. The molecule has 7 heteroatoms. The largest absolute Gasteiger partial charge is 0.467 e. The molecule has 2 aliphatic rings. The van der Waals surface area contributed by atoms with Gasteiger partial charge in [0.15, 0.2) is 5.72 Å². The lowest BCUT2D eigenvalue weighted by atomic mass is 9.78. The first-order chi connectivity index (χ1) is 15.5. The van der Waals surface area contributed by atoms with Gasteiger partial charge >= 0.3 is 6.03 Å². The number of para-hydroxylation sites is 1. The van der Waals surface area contributed by atoms with Crippen LogP contribution in [0.5, 0.6) is 5.75 Å². The summed E-state index contributed by atoms with van der Waals surface area (Å²) in [5.74, 6) is -0.268. The van der Waals surface area contributed by atoms with E-state index in [1.165, 1.54) is 0 Å². The second-order valence-electron chi connectivity index (χ2n) is 8.17. The van der Waals surface area contributed by atoms with Crippen LogP contribution in [0.1, 0.15) is 24.1 Å². The Kier molecular flexibility index (Phi) is 5.02. The molecule has 1 fully saturated rings. The number of amides is 3. The first-order valence-corrected chi connectivity index (χ1v) is 10.8. The summed E-state index contributed by atoms with van der Waals surface area (Å²) in [6.07, 6.45) is 0. The van der Waals surface area contributed by atoms with E-state index in [1.807, 2.05) is 61.5 Å². The maximum Gasteiger partial charge on any atom is 0.321 e. The highest BCUT2D eigenvalue weighted by Crippen LogP contribution is 2.48. The number of rotatable bonds is 4. The van der Waals surface area contributed by atoms with E-state index in [0.717, 1.165) is 11.1 Å². The first kappa shape index (κ1) is 20.4. The van der Waals surface area contributed by atoms with Crippen LogP contribution >= 0.6 is 11.6 Å². The Labute approximate surface area is 191 Å². The van der Waals surface area contributed by atoms with Gasteiger partial charge in [-0.15, -0.1) is 0 Å². The van der Waals surface area contributed by atoms with Crippen LogP contribution in [0.2, 0.25) is 5.02 Å². The van der Waals surface area contributed by atoms with Crippen molar-refractivity contribution < 1.29 is 14.3 Å². The van der Waals surface area contributed by atoms with E-state index in [2.05, 4.69) is 10.6 Å². The minimum atomic E-state index is -1.19. The quantitative estimate of drug-likeness (QED) is 0.593. The van der Waals surface area contributed by atoms with Gasteiger partial charge in [0.1, 0.15) is 11.7 Å². The molecule has 0 aromatic heterocycles. The fourth-order valence-electron chi connectivity index (χ4n) is 4.54. The summed E-state index contributed by atoms with van der Waals surface area (Å²) in [5, 5.41) is 6.60. The monoisotopic (exact) mass is 447 g/mol. The van der Waals surface area contributed by atoms with Crippen molar-refractivity contribution in [3.63, 3.8) is 0 Å². The molecular weight excluding hydrogens is 426 g/mol. The van der Waals surface area contributed by atoms with E-state index in [4.69, 9.17) is 16.3 Å². The zero-order valence-corrected chi connectivity index (χ0v) is 18.2. The number of carbonyl (C=O) groups is 2. The van der Waals surface area contributed by atoms with Gasteiger partial charge < -0.3 is 15.4 Å². The van der Waals surface area contributed by atoms with Gasteiger partial charge in [0.2, 0.25) is 5.91 Å². The minimum Gasteiger partial charge on any atom is -0.467 e. The van der Waals surface area contributed by atoms with Crippen LogP contribution in [0.15, 0.2) is 78.9 Å². The molecule has 32 heavy (non-hydrogen) atoms. The number of nitrogens with zero attached hydrogens (tertiary/aromatic N) is 1. The average molecular weight is 448 g/mol. The zero-order chi connectivity index (χ0) is 22.3. The summed E-state index contributed by atoms with van der Waals surface area (Å²) >= 11 is 5.98. The lowest BCUT2D eigenvalue weighted by Gasteiger charge is -2.54. The Hall–Kier alpha value is -3.51. The van der Waals surface area contributed by atoms with Crippen molar-refractivity contribution in [3.05, 3.63) is 95.0 Å². The van der Waals surface area contributed by atoms with Gasteiger partial charge in [-0.1, -0.05) is 60.1 Å². The van der Waals surface area contributed by atoms with Crippen LogP contribution in [-0.2, 0) is 11.3 Å². The summed E-state index contributed by atoms with van der Waals surface area (Å²) in [6, 6.07) is 23.3. The van der Waals surface area contributed by atoms with Crippen molar-refractivity contribution in [2.24, 2.45) is 5.92 Å². The van der Waals surface area contributed by atoms with Crippen LogP contribution in [0.25, 0.3) is 0 Å². The molecular formula is C25H22ClN3O3. The number of benzene rings is 3. The average Bonchev–Trinajstić information content (AvgIpc) is 2.78. The third-order valence-electron chi connectivity index (χ3n) is 6.12. The van der Waals surface area contributed by atoms with Gasteiger partial charge in [-0.05, 0) is 42.8 Å². The molecule has 5 rings (SSSR count). The predicted molar refractivity (Wildman–Crippen MR) is 122 cm³/mol. The Balaban J connectivity index is 1.55. The van der Waals surface area contributed by atoms with E-state index >= 15 is 0 Å². The molecule has 1 saturated heterocycles. The number of halogens is 1. The normalized spacial score (nSPS) is 23.6. The number of nitrogens with one attached hydrogen (secondary N) is 2. The summed E-state index contributed by atoms with van der Waals surface area (Å²) in [4.78, 5) is 28.4. The second-order valence-corrected chi connectivity index (χ2v) is 8.60. The zero-order valence-electron chi connectivity index (χ0n) is 17.4. The molecule has 2 aliphatic heterocycles. The van der Waals surface area contributed by atoms with Crippen LogP contribution in [0, 0.1) is 5.92 Å². The predicted octanol–water partition coefficient (Wildman–Crippen LogP) is 4.97. The first-order valence-electron chi connectivity index (χ1n) is 10.4. The number of fused-ring (bicyclic) bond motifs is 4. The van der Waals surface area contributed by atoms with E-state index in [0.29, 0.717) is 23.0 Å². The fraction of sp³-hybridized carbons (Fsp3) is 0.200. The van der Waals surface area contributed by atoms with Gasteiger partial charge in [-0.3, -0.25) is 9.69 Å². The number of urea groups is 1. The number of carbonyl (C=O) groups excluding carboxylic acids is 2. The van der Waals surface area contributed by atoms with Gasteiger partial charge in [0.05, 0.1) is 12.6 Å². The molecule has 2 heterocycles. The molecule has 3 atom stereocenters. The van der Waals surface area contributed by atoms with E-state index < -0.39 is 17.7 Å². The Morgan fingerprint density at radius 3 is 2.50 bits per heavy atom. The smallest absolute Gasteiger partial charge is 0.321 e. The van der Waals surface area contributed by atoms with Crippen LogP contribution in [-0.4, -0.2) is 22.6 Å². The van der Waals surface area contributed by atoms with Crippen LogP contribution in [0.4, 0.5) is 10.5 Å². The van der Waals surface area contributed by atoms with Gasteiger partial charge in [-0.25, -0.2) is 4.79 Å². The van der Waals surface area contributed by atoms with Crippen molar-refractivity contribution in [1.82, 2.24) is 10.2 Å². The second kappa shape index (κ2) is 7.88. The van der Waals surface area contributed by atoms with Crippen molar-refractivity contribution >= 4 is 29.2 Å². The van der Waals surface area contributed by atoms with E-state index in [1.54, 1.807) is 29.2 Å². The van der Waals surface area contributed by atoms with Crippen molar-refractivity contribution in [2.45, 2.75) is 25.2 Å².